The van der Waals surface area contributed by atoms with E-state index in [1.54, 1.807) is 0 Å². The lowest BCUT2D eigenvalue weighted by Crippen LogP contribution is -2.28. The van der Waals surface area contributed by atoms with E-state index in [-0.39, 0.29) is 11.8 Å². The Hall–Kier alpha value is -2.39. The van der Waals surface area contributed by atoms with Crippen LogP contribution in [0.15, 0.2) is 83.3 Å². The van der Waals surface area contributed by atoms with Crippen molar-refractivity contribution < 1.29 is 4.79 Å². The highest BCUT2D eigenvalue weighted by Gasteiger charge is 2.24. The Labute approximate surface area is 176 Å². The van der Waals surface area contributed by atoms with Crippen molar-refractivity contribution in [3.05, 3.63) is 100 Å². The van der Waals surface area contributed by atoms with E-state index in [0.717, 1.165) is 22.1 Å². The molecule has 0 spiro atoms. The lowest BCUT2D eigenvalue weighted by atomic mass is 9.84. The van der Waals surface area contributed by atoms with Crippen molar-refractivity contribution >= 4 is 27.5 Å². The van der Waals surface area contributed by atoms with Gasteiger partial charge >= 0.3 is 0 Å². The van der Waals surface area contributed by atoms with E-state index >= 15 is 0 Å². The number of carbonyl (C=O) groups is 1. The zero-order valence-electron chi connectivity index (χ0n) is 16.6. The number of benzene rings is 3. The molecule has 2 nitrogen and oxygen atoms in total. The third-order valence-electron chi connectivity index (χ3n) is 4.82. The maximum absolute atomic E-state index is 12.6. The predicted octanol–water partition coefficient (Wildman–Crippen LogP) is 6.81. The van der Waals surface area contributed by atoms with Gasteiger partial charge in [-0.05, 0) is 41.3 Å². The summed E-state index contributed by atoms with van der Waals surface area (Å²) in [4.78, 5) is 12.6. The second kappa shape index (κ2) is 8.74. The number of anilines is 1. The molecule has 0 aliphatic heterocycles. The summed E-state index contributed by atoms with van der Waals surface area (Å²) in [6, 6.07) is 27.1. The molecule has 0 bridgehead atoms. The normalized spacial score (nSPS) is 12.4. The fourth-order valence-electron chi connectivity index (χ4n) is 3.17. The third kappa shape index (κ3) is 5.11. The summed E-state index contributed by atoms with van der Waals surface area (Å²) in [6.45, 7) is 5.80. The molecule has 0 saturated carbocycles. The Bertz CT molecular complexity index is 927. The van der Waals surface area contributed by atoms with Crippen molar-refractivity contribution in [2.24, 2.45) is 5.41 Å². The SMILES string of the molecule is CC(C)(C)C(=O)Nc1ccccc1[C@@H](Cc1ccc(Br)cc1)c1ccccc1. The van der Waals surface area contributed by atoms with Crippen LogP contribution in [0.5, 0.6) is 0 Å². The smallest absolute Gasteiger partial charge is 0.229 e. The van der Waals surface area contributed by atoms with Crippen LogP contribution in [0.25, 0.3) is 0 Å². The number of hydrogen-bond donors (Lipinski definition) is 1. The van der Waals surface area contributed by atoms with Gasteiger partial charge in [0.2, 0.25) is 5.91 Å². The van der Waals surface area contributed by atoms with Crippen LogP contribution < -0.4 is 5.32 Å². The Morgan fingerprint density at radius 3 is 2.14 bits per heavy atom. The van der Waals surface area contributed by atoms with Crippen LogP contribution in [-0.4, -0.2) is 5.91 Å². The Morgan fingerprint density at radius 1 is 0.893 bits per heavy atom. The van der Waals surface area contributed by atoms with Gasteiger partial charge in [-0.2, -0.15) is 0 Å². The summed E-state index contributed by atoms with van der Waals surface area (Å²) in [5.74, 6) is 0.175. The number of rotatable bonds is 5. The van der Waals surface area contributed by atoms with E-state index in [9.17, 15) is 4.79 Å². The molecular formula is C25H26BrNO. The highest BCUT2D eigenvalue weighted by atomic mass is 79.9. The van der Waals surface area contributed by atoms with Gasteiger partial charge in [0.05, 0.1) is 0 Å². The van der Waals surface area contributed by atoms with Gasteiger partial charge in [-0.1, -0.05) is 97.4 Å². The fourth-order valence-corrected chi connectivity index (χ4v) is 3.44. The molecule has 0 heterocycles. The second-order valence-electron chi connectivity index (χ2n) is 8.09. The van der Waals surface area contributed by atoms with Gasteiger partial charge in [0.25, 0.3) is 0 Å². The van der Waals surface area contributed by atoms with E-state index in [0.29, 0.717) is 0 Å². The minimum atomic E-state index is -0.443. The number of para-hydroxylation sites is 1. The molecule has 28 heavy (non-hydrogen) atoms. The fraction of sp³-hybridized carbons (Fsp3) is 0.240. The second-order valence-corrected chi connectivity index (χ2v) is 9.00. The maximum Gasteiger partial charge on any atom is 0.229 e. The van der Waals surface area contributed by atoms with E-state index in [4.69, 9.17) is 0 Å². The minimum Gasteiger partial charge on any atom is -0.325 e. The Kier molecular flexibility index (Phi) is 6.35. The highest BCUT2D eigenvalue weighted by molar-refractivity contribution is 9.10. The van der Waals surface area contributed by atoms with Gasteiger partial charge in [-0.15, -0.1) is 0 Å². The minimum absolute atomic E-state index is 0.0235. The van der Waals surface area contributed by atoms with E-state index in [2.05, 4.69) is 75.8 Å². The quantitative estimate of drug-likeness (QED) is 0.468. The molecule has 3 aromatic rings. The van der Waals surface area contributed by atoms with Gasteiger partial charge in [0.15, 0.2) is 0 Å². The molecule has 0 fully saturated rings. The number of halogens is 1. The van der Waals surface area contributed by atoms with Crippen LogP contribution in [0, 0.1) is 5.41 Å². The molecular weight excluding hydrogens is 410 g/mol. The molecule has 144 valence electrons. The lowest BCUT2D eigenvalue weighted by molar-refractivity contribution is -0.123. The average molecular weight is 436 g/mol. The number of hydrogen-bond acceptors (Lipinski definition) is 1. The third-order valence-corrected chi connectivity index (χ3v) is 5.35. The molecule has 0 aliphatic rings. The monoisotopic (exact) mass is 435 g/mol. The molecule has 1 amide bonds. The largest absolute Gasteiger partial charge is 0.325 e. The van der Waals surface area contributed by atoms with Crippen LogP contribution in [0.1, 0.15) is 43.4 Å². The zero-order chi connectivity index (χ0) is 20.1. The standard InChI is InChI=1S/C25H26BrNO/c1-25(2,3)24(28)27-23-12-8-7-11-21(23)22(19-9-5-4-6-10-19)17-18-13-15-20(26)16-14-18/h4-16,22H,17H2,1-3H3,(H,27,28)/t22-/m0/s1. The van der Waals surface area contributed by atoms with Gasteiger partial charge in [0.1, 0.15) is 0 Å². The summed E-state index contributed by atoms with van der Waals surface area (Å²) in [6.07, 6.45) is 0.861. The molecule has 1 atom stereocenters. The van der Waals surface area contributed by atoms with E-state index in [1.165, 1.54) is 11.1 Å². The predicted molar refractivity (Wildman–Crippen MR) is 121 cm³/mol. The summed E-state index contributed by atoms with van der Waals surface area (Å²) in [5, 5.41) is 3.15. The number of amides is 1. The van der Waals surface area contributed by atoms with Crippen molar-refractivity contribution in [3.8, 4) is 0 Å². The van der Waals surface area contributed by atoms with Crippen LogP contribution in [0.4, 0.5) is 5.69 Å². The van der Waals surface area contributed by atoms with Gasteiger partial charge in [0, 0.05) is 21.5 Å². The van der Waals surface area contributed by atoms with Crippen molar-refractivity contribution in [1.82, 2.24) is 0 Å². The maximum atomic E-state index is 12.6. The summed E-state index contributed by atoms with van der Waals surface area (Å²) in [7, 11) is 0. The summed E-state index contributed by atoms with van der Waals surface area (Å²) in [5.41, 5.74) is 4.07. The molecule has 0 aromatic heterocycles. The molecule has 0 aliphatic carbocycles. The average Bonchev–Trinajstić information content (AvgIpc) is 2.68. The molecule has 0 radical (unpaired) electrons. The van der Waals surface area contributed by atoms with Crippen molar-refractivity contribution in [3.63, 3.8) is 0 Å². The van der Waals surface area contributed by atoms with E-state index < -0.39 is 5.41 Å². The first-order chi connectivity index (χ1) is 13.3. The van der Waals surface area contributed by atoms with Crippen LogP contribution >= 0.6 is 15.9 Å². The highest BCUT2D eigenvalue weighted by Crippen LogP contribution is 2.34. The van der Waals surface area contributed by atoms with Gasteiger partial charge in [-0.3, -0.25) is 4.79 Å². The van der Waals surface area contributed by atoms with Crippen LogP contribution in [0.2, 0.25) is 0 Å². The number of carbonyl (C=O) groups excluding carboxylic acids is 1. The molecule has 0 unspecified atom stereocenters. The molecule has 1 N–H and O–H groups in total. The van der Waals surface area contributed by atoms with Crippen molar-refractivity contribution in [1.29, 1.82) is 0 Å². The zero-order valence-corrected chi connectivity index (χ0v) is 18.2. The summed E-state index contributed by atoms with van der Waals surface area (Å²) >= 11 is 3.51. The van der Waals surface area contributed by atoms with Crippen molar-refractivity contribution in [2.45, 2.75) is 33.1 Å². The summed E-state index contributed by atoms with van der Waals surface area (Å²) < 4.78 is 1.07. The van der Waals surface area contributed by atoms with Crippen molar-refractivity contribution in [2.75, 3.05) is 5.32 Å². The first kappa shape index (κ1) is 20.3. The Balaban J connectivity index is 2.01. The van der Waals surface area contributed by atoms with Crippen LogP contribution in [0.3, 0.4) is 0 Å². The first-order valence-corrected chi connectivity index (χ1v) is 10.3. The van der Waals surface area contributed by atoms with E-state index in [1.807, 2.05) is 45.0 Å². The number of nitrogens with one attached hydrogen (secondary N) is 1. The van der Waals surface area contributed by atoms with Gasteiger partial charge < -0.3 is 5.32 Å². The lowest BCUT2D eigenvalue weighted by Gasteiger charge is -2.24. The molecule has 3 rings (SSSR count). The van der Waals surface area contributed by atoms with Crippen LogP contribution in [-0.2, 0) is 11.2 Å². The topological polar surface area (TPSA) is 29.1 Å². The van der Waals surface area contributed by atoms with Gasteiger partial charge in [-0.25, -0.2) is 0 Å². The molecule has 3 aromatic carbocycles. The Morgan fingerprint density at radius 2 is 1.50 bits per heavy atom. The molecule has 3 heteroatoms. The first-order valence-electron chi connectivity index (χ1n) is 9.54. The molecule has 0 saturated heterocycles.